The molecule has 5 fully saturated rings. The van der Waals surface area contributed by atoms with Gasteiger partial charge in [0.1, 0.15) is 23.7 Å². The third-order valence-corrected chi connectivity index (χ3v) is 10.0. The van der Waals surface area contributed by atoms with Gasteiger partial charge in [-0.3, -0.25) is 24.0 Å². The number of hydrogen-bond donors (Lipinski definition) is 0. The lowest BCUT2D eigenvalue weighted by atomic mass is 9.37. The molecule has 1 saturated heterocycles. The molecule has 0 aromatic rings. The molecule has 38 heavy (non-hydrogen) atoms. The Morgan fingerprint density at radius 1 is 0.842 bits per heavy atom. The third-order valence-electron chi connectivity index (χ3n) is 10.0. The molecule has 1 heterocycles. The van der Waals surface area contributed by atoms with E-state index in [1.807, 2.05) is 0 Å². The van der Waals surface area contributed by atoms with Gasteiger partial charge in [0.15, 0.2) is 5.78 Å². The van der Waals surface area contributed by atoms with Crippen molar-refractivity contribution >= 4 is 29.7 Å². The van der Waals surface area contributed by atoms with Crippen LogP contribution in [0.1, 0.15) is 66.7 Å². The van der Waals surface area contributed by atoms with Gasteiger partial charge in [-0.05, 0) is 54.9 Å². The molecule has 4 bridgehead atoms. The van der Waals surface area contributed by atoms with Crippen LogP contribution < -0.4 is 0 Å². The van der Waals surface area contributed by atoms with Crippen molar-refractivity contribution in [3.63, 3.8) is 0 Å². The second kappa shape index (κ2) is 8.89. The van der Waals surface area contributed by atoms with Crippen molar-refractivity contribution in [2.24, 2.45) is 34.0 Å². The predicted octanol–water partition coefficient (Wildman–Crippen LogP) is 2.66. The zero-order valence-electron chi connectivity index (χ0n) is 22.6. The average Bonchev–Trinajstić information content (AvgIpc) is 2.92. The molecule has 4 saturated carbocycles. The minimum Gasteiger partial charge on any atom is -0.462 e. The minimum atomic E-state index is -1.48. The van der Waals surface area contributed by atoms with Gasteiger partial charge in [0.2, 0.25) is 6.29 Å². The van der Waals surface area contributed by atoms with Crippen LogP contribution in [0.25, 0.3) is 0 Å². The van der Waals surface area contributed by atoms with Crippen LogP contribution >= 0.6 is 0 Å². The van der Waals surface area contributed by atoms with Crippen LogP contribution in [-0.4, -0.2) is 60.9 Å². The lowest BCUT2D eigenvalue weighted by Gasteiger charge is -2.70. The molecule has 10 nitrogen and oxygen atoms in total. The number of ether oxygens (including phenoxy) is 5. The molecule has 0 aromatic heterocycles. The zero-order chi connectivity index (χ0) is 27.8. The molecule has 10 heteroatoms. The highest BCUT2D eigenvalue weighted by Gasteiger charge is 2.82. The first kappa shape index (κ1) is 26.8. The van der Waals surface area contributed by atoms with E-state index in [0.29, 0.717) is 31.3 Å². The SMILES string of the molecule is C=C1C(=O)[C@]23[C@H](OC(C)=O)[C@H]1CC[C@H]2[C@]12[C@@H](OC(C)=O)OC[C@](C)(CC[C@@H]1OC(C)=O)[C@H]2C[C@H]3OC(C)=O. The van der Waals surface area contributed by atoms with Gasteiger partial charge < -0.3 is 23.7 Å². The van der Waals surface area contributed by atoms with E-state index < -0.39 is 76.6 Å². The summed E-state index contributed by atoms with van der Waals surface area (Å²) in [6, 6.07) is 0. The molecular weight excluding hydrogens is 496 g/mol. The Kier molecular flexibility index (Phi) is 6.28. The quantitative estimate of drug-likeness (QED) is 0.302. The van der Waals surface area contributed by atoms with Gasteiger partial charge in [-0.15, -0.1) is 0 Å². The summed E-state index contributed by atoms with van der Waals surface area (Å²) < 4.78 is 30.0. The molecule has 10 atom stereocenters. The minimum absolute atomic E-state index is 0.231. The summed E-state index contributed by atoms with van der Waals surface area (Å²) in [5, 5.41) is 0. The molecule has 4 aliphatic carbocycles. The fourth-order valence-electron chi connectivity index (χ4n) is 9.07. The van der Waals surface area contributed by atoms with Crippen molar-refractivity contribution in [3.8, 4) is 0 Å². The Labute approximate surface area is 221 Å². The first-order valence-corrected chi connectivity index (χ1v) is 13.3. The summed E-state index contributed by atoms with van der Waals surface area (Å²) in [4.78, 5) is 64.0. The predicted molar refractivity (Wildman–Crippen MR) is 129 cm³/mol. The van der Waals surface area contributed by atoms with Crippen LogP contribution in [0.2, 0.25) is 0 Å². The fourth-order valence-corrected chi connectivity index (χ4v) is 9.07. The molecule has 0 N–H and O–H groups in total. The van der Waals surface area contributed by atoms with Gasteiger partial charge in [0.05, 0.1) is 12.0 Å². The highest BCUT2D eigenvalue weighted by atomic mass is 16.7. The number of carbonyl (C=O) groups excluding carboxylic acids is 5. The maximum Gasteiger partial charge on any atom is 0.304 e. The molecule has 1 aliphatic heterocycles. The number of hydrogen-bond acceptors (Lipinski definition) is 10. The number of Topliss-reactive ketones (excluding diaryl/α,β-unsaturated/α-hetero) is 1. The second-order valence-electron chi connectivity index (χ2n) is 12.0. The third kappa shape index (κ3) is 3.44. The summed E-state index contributed by atoms with van der Waals surface area (Å²) >= 11 is 0. The van der Waals surface area contributed by atoms with E-state index >= 15 is 0 Å². The van der Waals surface area contributed by atoms with E-state index in [1.54, 1.807) is 0 Å². The molecular formula is C28H36O10. The number of esters is 4. The maximum atomic E-state index is 14.4. The van der Waals surface area contributed by atoms with Crippen LogP contribution in [0.15, 0.2) is 12.2 Å². The Morgan fingerprint density at radius 2 is 1.45 bits per heavy atom. The number of fused-ring (bicyclic) bond motifs is 1. The standard InChI is InChI=1S/C28H36O10/c1-13-18-7-8-19-27-20(11-22(36-15(3)30)28(19,23(13)33)24(18)37-16(4)31)26(6,10-9-21(27)35-14(2)29)12-34-25(27)38-17(5)32/h18-22,24-25H,1,7-12H2,2-6H3/t18-,19-,20+,21-,22+,24+,25+,26-,27+,28-/m0/s1. The van der Waals surface area contributed by atoms with Crippen LogP contribution in [0.3, 0.4) is 0 Å². The Balaban J connectivity index is 1.81. The van der Waals surface area contributed by atoms with Gasteiger partial charge >= 0.3 is 23.9 Å². The lowest BCUT2D eigenvalue weighted by molar-refractivity contribution is -0.370. The van der Waals surface area contributed by atoms with Gasteiger partial charge in [-0.2, -0.15) is 0 Å². The summed E-state index contributed by atoms with van der Waals surface area (Å²) in [5.41, 5.74) is -2.72. The normalized spacial score (nSPS) is 44.8. The fraction of sp³-hybridized carbons (Fsp3) is 0.750. The molecule has 0 radical (unpaired) electrons. The summed E-state index contributed by atoms with van der Waals surface area (Å²) in [6.07, 6.45) is -1.38. The van der Waals surface area contributed by atoms with E-state index in [0.717, 1.165) is 0 Å². The van der Waals surface area contributed by atoms with Crippen LogP contribution in [0.5, 0.6) is 0 Å². The van der Waals surface area contributed by atoms with Crippen LogP contribution in [0.4, 0.5) is 0 Å². The average molecular weight is 533 g/mol. The van der Waals surface area contributed by atoms with Gasteiger partial charge in [0, 0.05) is 33.6 Å². The monoisotopic (exact) mass is 532 g/mol. The largest absolute Gasteiger partial charge is 0.462 e. The highest BCUT2D eigenvalue weighted by Crippen LogP contribution is 2.75. The van der Waals surface area contributed by atoms with Crippen LogP contribution in [0, 0.1) is 34.0 Å². The van der Waals surface area contributed by atoms with Crippen molar-refractivity contribution in [1.29, 1.82) is 0 Å². The lowest BCUT2D eigenvalue weighted by Crippen LogP contribution is -2.77. The summed E-state index contributed by atoms with van der Waals surface area (Å²) in [5.74, 6) is -3.89. The zero-order valence-corrected chi connectivity index (χ0v) is 22.6. The van der Waals surface area contributed by atoms with Crippen molar-refractivity contribution in [3.05, 3.63) is 12.2 Å². The van der Waals surface area contributed by atoms with Crippen LogP contribution in [-0.2, 0) is 47.7 Å². The molecule has 5 aliphatic rings. The Morgan fingerprint density at radius 3 is 2.05 bits per heavy atom. The molecule has 0 unspecified atom stereocenters. The van der Waals surface area contributed by atoms with Gasteiger partial charge in [0.25, 0.3) is 0 Å². The second-order valence-corrected chi connectivity index (χ2v) is 12.0. The number of rotatable bonds is 4. The first-order valence-electron chi connectivity index (χ1n) is 13.3. The van der Waals surface area contributed by atoms with E-state index in [4.69, 9.17) is 23.7 Å². The van der Waals surface area contributed by atoms with E-state index in [9.17, 15) is 24.0 Å². The maximum absolute atomic E-state index is 14.4. The van der Waals surface area contributed by atoms with Gasteiger partial charge in [-0.1, -0.05) is 13.5 Å². The van der Waals surface area contributed by atoms with E-state index in [-0.39, 0.29) is 24.7 Å². The van der Waals surface area contributed by atoms with Crippen molar-refractivity contribution in [2.45, 2.75) is 91.3 Å². The number of carbonyl (C=O) groups is 5. The smallest absolute Gasteiger partial charge is 0.304 e. The van der Waals surface area contributed by atoms with Crippen molar-refractivity contribution in [1.82, 2.24) is 0 Å². The van der Waals surface area contributed by atoms with E-state index in [1.165, 1.54) is 27.7 Å². The Hall–Kier alpha value is -2.75. The molecule has 0 aromatic carbocycles. The first-order chi connectivity index (χ1) is 17.8. The Bertz CT molecular complexity index is 1080. The molecule has 5 rings (SSSR count). The molecule has 0 amide bonds. The van der Waals surface area contributed by atoms with E-state index in [2.05, 4.69) is 13.5 Å². The van der Waals surface area contributed by atoms with Crippen molar-refractivity contribution in [2.75, 3.05) is 6.61 Å². The number of ketones is 1. The highest BCUT2D eigenvalue weighted by molar-refractivity contribution is 6.05. The molecule has 208 valence electrons. The molecule has 1 spiro atoms. The summed E-state index contributed by atoms with van der Waals surface area (Å²) in [7, 11) is 0. The summed E-state index contributed by atoms with van der Waals surface area (Å²) in [6.45, 7) is 11.6. The van der Waals surface area contributed by atoms with Gasteiger partial charge in [-0.25, -0.2) is 0 Å². The van der Waals surface area contributed by atoms with Crippen molar-refractivity contribution < 1.29 is 47.7 Å². The topological polar surface area (TPSA) is 132 Å².